The van der Waals surface area contributed by atoms with E-state index < -0.39 is 0 Å². The molecular formula is C14H13BrClNOS. The molecule has 0 aliphatic heterocycles. The third-order valence-electron chi connectivity index (χ3n) is 2.71. The van der Waals surface area contributed by atoms with Crippen molar-refractivity contribution in [3.05, 3.63) is 57.0 Å². The Balaban J connectivity index is 2.45. The third kappa shape index (κ3) is 3.33. The summed E-state index contributed by atoms with van der Waals surface area (Å²) in [4.78, 5) is 1.92. The van der Waals surface area contributed by atoms with Gasteiger partial charge in [0.2, 0.25) is 0 Å². The molecule has 0 saturated heterocycles. The second-order valence-electron chi connectivity index (χ2n) is 3.92. The number of hydrogen-bond acceptors (Lipinski definition) is 3. The first kappa shape index (κ1) is 14.9. The topological polar surface area (TPSA) is 46.2 Å². The molecule has 0 aromatic heterocycles. The van der Waals surface area contributed by atoms with Gasteiger partial charge in [-0.3, -0.25) is 0 Å². The Hall–Kier alpha value is -0.520. The van der Waals surface area contributed by atoms with E-state index in [0.29, 0.717) is 11.6 Å². The first-order chi connectivity index (χ1) is 9.17. The lowest BCUT2D eigenvalue weighted by Gasteiger charge is -2.13. The van der Waals surface area contributed by atoms with Crippen LogP contribution in [0.25, 0.3) is 0 Å². The van der Waals surface area contributed by atoms with Gasteiger partial charge in [0.15, 0.2) is 0 Å². The first-order valence-electron chi connectivity index (χ1n) is 5.71. The summed E-state index contributed by atoms with van der Waals surface area (Å²) in [6, 6.07) is 11.6. The second kappa shape index (κ2) is 6.77. The number of nitrogens with two attached hydrogens (primary N) is 1. The van der Waals surface area contributed by atoms with Gasteiger partial charge in [-0.05, 0) is 39.2 Å². The minimum absolute atomic E-state index is 0.00670. The Labute approximate surface area is 130 Å². The van der Waals surface area contributed by atoms with E-state index in [0.717, 1.165) is 25.4 Å². The van der Waals surface area contributed by atoms with E-state index >= 15 is 0 Å². The third-order valence-corrected chi connectivity index (χ3v) is 5.39. The fraction of sp³-hybridized carbons (Fsp3) is 0.143. The van der Waals surface area contributed by atoms with Crippen LogP contribution in [0, 0.1) is 0 Å². The zero-order valence-electron chi connectivity index (χ0n) is 10.1. The minimum Gasteiger partial charge on any atom is -0.392 e. The molecule has 0 amide bonds. The van der Waals surface area contributed by atoms with Gasteiger partial charge in [-0.15, -0.1) is 0 Å². The molecule has 0 atom stereocenters. The number of hydrogen-bond donors (Lipinski definition) is 2. The predicted octanol–water partition coefficient (Wildman–Crippen LogP) is 4.20. The van der Waals surface area contributed by atoms with Crippen molar-refractivity contribution in [1.82, 2.24) is 0 Å². The summed E-state index contributed by atoms with van der Waals surface area (Å²) in [5.74, 6) is 0. The molecule has 3 N–H and O–H groups in total. The van der Waals surface area contributed by atoms with Crippen LogP contribution < -0.4 is 5.73 Å². The average Bonchev–Trinajstić information content (AvgIpc) is 2.44. The molecule has 0 aliphatic carbocycles. The van der Waals surface area contributed by atoms with Crippen LogP contribution in [-0.4, -0.2) is 5.11 Å². The maximum Gasteiger partial charge on any atom is 0.0692 e. The van der Waals surface area contributed by atoms with Gasteiger partial charge in [-0.1, -0.05) is 47.6 Å². The molecule has 0 heterocycles. The highest BCUT2D eigenvalue weighted by molar-refractivity contribution is 9.10. The highest BCUT2D eigenvalue weighted by Crippen LogP contribution is 2.40. The molecule has 2 aromatic carbocycles. The van der Waals surface area contributed by atoms with Crippen LogP contribution in [0.4, 0.5) is 0 Å². The largest absolute Gasteiger partial charge is 0.392 e. The molecule has 2 rings (SSSR count). The summed E-state index contributed by atoms with van der Waals surface area (Å²) < 4.78 is 0.843. The zero-order chi connectivity index (χ0) is 13.8. The molecule has 0 fully saturated rings. The molecule has 0 bridgehead atoms. The molecule has 0 aliphatic rings. The van der Waals surface area contributed by atoms with Gasteiger partial charge in [-0.2, -0.15) is 0 Å². The van der Waals surface area contributed by atoms with Gasteiger partial charge < -0.3 is 10.8 Å². The molecule has 0 radical (unpaired) electrons. The Morgan fingerprint density at radius 3 is 2.58 bits per heavy atom. The Bertz CT molecular complexity index is 592. The fourth-order valence-corrected chi connectivity index (χ4v) is 3.56. The van der Waals surface area contributed by atoms with Crippen LogP contribution in [0.15, 0.2) is 50.7 Å². The van der Waals surface area contributed by atoms with E-state index in [4.69, 9.17) is 17.3 Å². The van der Waals surface area contributed by atoms with Gasteiger partial charge in [0.05, 0.1) is 11.6 Å². The maximum absolute atomic E-state index is 9.37. The second-order valence-corrected chi connectivity index (χ2v) is 6.21. The van der Waals surface area contributed by atoms with E-state index in [1.54, 1.807) is 0 Å². The lowest BCUT2D eigenvalue weighted by atomic mass is 10.2. The first-order valence-corrected chi connectivity index (χ1v) is 7.69. The molecular weight excluding hydrogens is 346 g/mol. The van der Waals surface area contributed by atoms with E-state index in [9.17, 15) is 5.11 Å². The Morgan fingerprint density at radius 2 is 1.89 bits per heavy atom. The number of aliphatic hydroxyl groups is 1. The monoisotopic (exact) mass is 357 g/mol. The Morgan fingerprint density at radius 1 is 1.16 bits per heavy atom. The molecule has 19 heavy (non-hydrogen) atoms. The Kier molecular flexibility index (Phi) is 5.30. The van der Waals surface area contributed by atoms with Gasteiger partial charge in [-0.25, -0.2) is 0 Å². The van der Waals surface area contributed by atoms with Crippen molar-refractivity contribution in [2.75, 3.05) is 0 Å². The summed E-state index contributed by atoms with van der Waals surface area (Å²) in [5.41, 5.74) is 7.63. The van der Waals surface area contributed by atoms with Crippen molar-refractivity contribution in [1.29, 1.82) is 0 Å². The van der Waals surface area contributed by atoms with Gasteiger partial charge >= 0.3 is 0 Å². The standard InChI is InChI=1S/C14H13BrClNOS/c15-11-6-5-9(7-17)14(13(11)16)19-12-4-2-1-3-10(12)8-18/h1-6,18H,7-8,17H2. The predicted molar refractivity (Wildman–Crippen MR) is 83.5 cm³/mol. The van der Waals surface area contributed by atoms with E-state index in [1.807, 2.05) is 36.4 Å². The van der Waals surface area contributed by atoms with Crippen LogP contribution in [0.2, 0.25) is 5.02 Å². The number of rotatable bonds is 4. The van der Waals surface area contributed by atoms with Crippen LogP contribution in [0.1, 0.15) is 11.1 Å². The summed E-state index contributed by atoms with van der Waals surface area (Å²) in [6.45, 7) is 0.434. The van der Waals surface area contributed by atoms with Crippen LogP contribution in [0.3, 0.4) is 0 Å². The quantitative estimate of drug-likeness (QED) is 0.861. The van der Waals surface area contributed by atoms with Gasteiger partial charge in [0.25, 0.3) is 0 Å². The van der Waals surface area contributed by atoms with Crippen molar-refractivity contribution in [2.24, 2.45) is 5.73 Å². The van der Waals surface area contributed by atoms with Gasteiger partial charge in [0.1, 0.15) is 0 Å². The molecule has 0 spiro atoms. The molecule has 100 valence electrons. The number of halogens is 2. The van der Waals surface area contributed by atoms with Crippen LogP contribution in [-0.2, 0) is 13.2 Å². The van der Waals surface area contributed by atoms with Gasteiger partial charge in [0, 0.05) is 20.8 Å². The van der Waals surface area contributed by atoms with Crippen molar-refractivity contribution in [3.8, 4) is 0 Å². The summed E-state index contributed by atoms with van der Waals surface area (Å²) >= 11 is 11.3. The molecule has 0 unspecified atom stereocenters. The highest BCUT2D eigenvalue weighted by Gasteiger charge is 2.13. The summed E-state index contributed by atoms with van der Waals surface area (Å²) in [6.07, 6.45) is 0. The van der Waals surface area contributed by atoms with Crippen LogP contribution >= 0.6 is 39.3 Å². The lowest BCUT2D eigenvalue weighted by Crippen LogP contribution is -1.99. The molecule has 2 nitrogen and oxygen atoms in total. The van der Waals surface area contributed by atoms with E-state index in [2.05, 4.69) is 15.9 Å². The molecule has 0 saturated carbocycles. The van der Waals surface area contributed by atoms with E-state index in [1.165, 1.54) is 11.8 Å². The lowest BCUT2D eigenvalue weighted by molar-refractivity contribution is 0.279. The summed E-state index contributed by atoms with van der Waals surface area (Å²) in [7, 11) is 0. The fourth-order valence-electron chi connectivity index (χ4n) is 1.69. The zero-order valence-corrected chi connectivity index (χ0v) is 13.2. The smallest absolute Gasteiger partial charge is 0.0692 e. The highest BCUT2D eigenvalue weighted by atomic mass is 79.9. The average molecular weight is 359 g/mol. The van der Waals surface area contributed by atoms with Crippen molar-refractivity contribution in [2.45, 2.75) is 22.9 Å². The van der Waals surface area contributed by atoms with Crippen molar-refractivity contribution in [3.63, 3.8) is 0 Å². The van der Waals surface area contributed by atoms with E-state index in [-0.39, 0.29) is 6.61 Å². The van der Waals surface area contributed by atoms with Crippen molar-refractivity contribution >= 4 is 39.3 Å². The number of aliphatic hydroxyl groups excluding tert-OH is 1. The maximum atomic E-state index is 9.37. The normalized spacial score (nSPS) is 10.7. The minimum atomic E-state index is 0.00670. The van der Waals surface area contributed by atoms with Crippen LogP contribution in [0.5, 0.6) is 0 Å². The molecule has 5 heteroatoms. The summed E-state index contributed by atoms with van der Waals surface area (Å²) in [5, 5.41) is 10.0. The number of benzene rings is 2. The molecule has 2 aromatic rings. The van der Waals surface area contributed by atoms with Crippen molar-refractivity contribution < 1.29 is 5.11 Å². The SMILES string of the molecule is NCc1ccc(Br)c(Cl)c1Sc1ccccc1CO.